The number of nitrogens with zero attached hydrogens (tertiary/aromatic N) is 1. The maximum absolute atomic E-state index is 11.5. The number of nitrogens with one attached hydrogen (secondary N) is 1. The van der Waals surface area contributed by atoms with Gasteiger partial charge in [0.1, 0.15) is 0 Å². The molecular weight excluding hydrogens is 304 g/mol. The lowest BCUT2D eigenvalue weighted by Gasteiger charge is -1.99. The fourth-order valence-electron chi connectivity index (χ4n) is 1.29. The molecule has 17 heavy (non-hydrogen) atoms. The largest absolute Gasteiger partial charge is 0.302 e. The number of halogens is 1. The summed E-state index contributed by atoms with van der Waals surface area (Å²) >= 11 is 4.35. The summed E-state index contributed by atoms with van der Waals surface area (Å²) in [6.45, 7) is 3.81. The zero-order valence-corrected chi connectivity index (χ0v) is 12.3. The van der Waals surface area contributed by atoms with Crippen molar-refractivity contribution >= 4 is 44.1 Å². The SMILES string of the molecule is CCCCC(=O)Nc1nc(C)c(C(=O)CBr)s1. The van der Waals surface area contributed by atoms with Crippen LogP contribution >= 0.6 is 27.3 Å². The fourth-order valence-corrected chi connectivity index (χ4v) is 2.67. The van der Waals surface area contributed by atoms with Gasteiger partial charge in [0.15, 0.2) is 10.9 Å². The van der Waals surface area contributed by atoms with E-state index in [1.165, 1.54) is 11.3 Å². The third-order valence-electron chi connectivity index (χ3n) is 2.17. The van der Waals surface area contributed by atoms with Gasteiger partial charge in [-0.05, 0) is 13.3 Å². The standard InChI is InChI=1S/C11H15BrN2O2S/c1-3-4-5-9(16)14-11-13-7(2)10(17-11)8(15)6-12/h3-6H2,1-2H3,(H,13,14,16). The Balaban J connectivity index is 2.67. The first-order chi connectivity index (χ1) is 8.08. The van der Waals surface area contributed by atoms with Crippen molar-refractivity contribution in [3.8, 4) is 0 Å². The van der Waals surface area contributed by atoms with E-state index in [2.05, 4.69) is 26.2 Å². The Morgan fingerprint density at radius 2 is 2.18 bits per heavy atom. The topological polar surface area (TPSA) is 59.1 Å². The number of carbonyl (C=O) groups is 2. The summed E-state index contributed by atoms with van der Waals surface area (Å²) in [5.74, 6) is -0.0486. The number of carbonyl (C=O) groups excluding carboxylic acids is 2. The molecule has 1 aromatic rings. The second-order valence-corrected chi connectivity index (χ2v) is 5.20. The van der Waals surface area contributed by atoms with Crippen LogP contribution in [0.4, 0.5) is 5.13 Å². The van der Waals surface area contributed by atoms with E-state index in [-0.39, 0.29) is 17.0 Å². The van der Waals surface area contributed by atoms with E-state index >= 15 is 0 Å². The lowest BCUT2D eigenvalue weighted by Crippen LogP contribution is -2.10. The molecular formula is C11H15BrN2O2S. The molecule has 1 aromatic heterocycles. The van der Waals surface area contributed by atoms with Crippen LogP contribution in [0.5, 0.6) is 0 Å². The van der Waals surface area contributed by atoms with Gasteiger partial charge in [0, 0.05) is 6.42 Å². The van der Waals surface area contributed by atoms with E-state index in [0.717, 1.165) is 12.8 Å². The van der Waals surface area contributed by atoms with Crippen molar-refractivity contribution in [2.24, 2.45) is 0 Å². The Labute approximate surface area is 113 Å². The first-order valence-corrected chi connectivity index (χ1v) is 7.38. The lowest BCUT2D eigenvalue weighted by molar-refractivity contribution is -0.116. The number of alkyl halides is 1. The van der Waals surface area contributed by atoms with Crippen LogP contribution < -0.4 is 5.32 Å². The second kappa shape index (κ2) is 6.86. The van der Waals surface area contributed by atoms with Crippen molar-refractivity contribution in [1.29, 1.82) is 0 Å². The van der Waals surface area contributed by atoms with Gasteiger partial charge in [0.25, 0.3) is 0 Å². The highest BCUT2D eigenvalue weighted by molar-refractivity contribution is 9.09. The van der Waals surface area contributed by atoms with E-state index in [1.54, 1.807) is 6.92 Å². The monoisotopic (exact) mass is 318 g/mol. The maximum atomic E-state index is 11.5. The number of anilines is 1. The molecule has 0 aliphatic rings. The molecule has 0 aromatic carbocycles. The van der Waals surface area contributed by atoms with Crippen LogP contribution in [0.3, 0.4) is 0 Å². The molecule has 1 N–H and O–H groups in total. The highest BCUT2D eigenvalue weighted by Crippen LogP contribution is 2.23. The van der Waals surface area contributed by atoms with Crippen molar-refractivity contribution in [2.75, 3.05) is 10.6 Å². The highest BCUT2D eigenvalue weighted by Gasteiger charge is 2.15. The number of Topliss-reactive ketones (excluding diaryl/α,β-unsaturated/α-hetero) is 1. The van der Waals surface area contributed by atoms with Crippen LogP contribution in [-0.2, 0) is 4.79 Å². The Kier molecular flexibility index (Phi) is 5.77. The molecule has 0 atom stereocenters. The van der Waals surface area contributed by atoms with Gasteiger partial charge in [0.2, 0.25) is 5.91 Å². The van der Waals surface area contributed by atoms with Gasteiger partial charge >= 0.3 is 0 Å². The number of aromatic nitrogens is 1. The molecule has 0 aliphatic carbocycles. The fraction of sp³-hybridized carbons (Fsp3) is 0.545. The number of thiazole rings is 1. The van der Waals surface area contributed by atoms with Gasteiger partial charge in [-0.3, -0.25) is 9.59 Å². The van der Waals surface area contributed by atoms with E-state index in [1.807, 2.05) is 6.92 Å². The highest BCUT2D eigenvalue weighted by atomic mass is 79.9. The zero-order valence-electron chi connectivity index (χ0n) is 9.88. The van der Waals surface area contributed by atoms with Gasteiger partial charge in [0.05, 0.1) is 15.9 Å². The van der Waals surface area contributed by atoms with Crippen LogP contribution in [0, 0.1) is 6.92 Å². The minimum atomic E-state index is -0.0431. The number of amides is 1. The predicted octanol–water partition coefficient (Wildman–Crippen LogP) is 3.16. The van der Waals surface area contributed by atoms with Crippen LogP contribution in [0.1, 0.15) is 41.6 Å². The number of hydrogen-bond acceptors (Lipinski definition) is 4. The van der Waals surface area contributed by atoms with Crippen molar-refractivity contribution in [2.45, 2.75) is 33.1 Å². The molecule has 6 heteroatoms. The predicted molar refractivity (Wildman–Crippen MR) is 73.1 cm³/mol. The summed E-state index contributed by atoms with van der Waals surface area (Å²) in [5, 5.41) is 3.50. The van der Waals surface area contributed by atoms with Crippen molar-refractivity contribution in [3.05, 3.63) is 10.6 Å². The molecule has 94 valence electrons. The molecule has 0 saturated carbocycles. The van der Waals surface area contributed by atoms with Gasteiger partial charge in [-0.1, -0.05) is 40.6 Å². The van der Waals surface area contributed by atoms with Crippen LogP contribution in [0.15, 0.2) is 0 Å². The smallest absolute Gasteiger partial charge is 0.226 e. The van der Waals surface area contributed by atoms with E-state index < -0.39 is 0 Å². The van der Waals surface area contributed by atoms with Gasteiger partial charge in [-0.25, -0.2) is 4.98 Å². The number of unbranched alkanes of at least 4 members (excludes halogenated alkanes) is 1. The minimum absolute atomic E-state index is 0.00550. The molecule has 0 spiro atoms. The molecule has 0 unspecified atom stereocenters. The van der Waals surface area contributed by atoms with Crippen LogP contribution in [-0.4, -0.2) is 22.0 Å². The number of aryl methyl sites for hydroxylation is 1. The average molecular weight is 319 g/mol. The van der Waals surface area contributed by atoms with Gasteiger partial charge in [-0.15, -0.1) is 0 Å². The van der Waals surface area contributed by atoms with E-state index in [9.17, 15) is 9.59 Å². The summed E-state index contributed by atoms with van der Waals surface area (Å²) in [6.07, 6.45) is 2.35. The normalized spacial score (nSPS) is 10.3. The molecule has 1 rings (SSSR count). The summed E-state index contributed by atoms with van der Waals surface area (Å²) in [4.78, 5) is 27.8. The third kappa shape index (κ3) is 4.20. The first kappa shape index (κ1) is 14.3. The first-order valence-electron chi connectivity index (χ1n) is 5.45. The minimum Gasteiger partial charge on any atom is -0.302 e. The Hall–Kier alpha value is -0.750. The van der Waals surface area contributed by atoms with Gasteiger partial charge in [-0.2, -0.15) is 0 Å². The molecule has 4 nitrogen and oxygen atoms in total. The zero-order chi connectivity index (χ0) is 12.8. The summed E-state index contributed by atoms with van der Waals surface area (Å²) in [6, 6.07) is 0. The number of hydrogen-bond donors (Lipinski definition) is 1. The third-order valence-corrected chi connectivity index (χ3v) is 3.80. The van der Waals surface area contributed by atoms with Crippen molar-refractivity contribution < 1.29 is 9.59 Å². The van der Waals surface area contributed by atoms with E-state index in [0.29, 0.717) is 22.1 Å². The van der Waals surface area contributed by atoms with Crippen molar-refractivity contribution in [1.82, 2.24) is 4.98 Å². The lowest BCUT2D eigenvalue weighted by atomic mass is 10.2. The van der Waals surface area contributed by atoms with Crippen LogP contribution in [0.25, 0.3) is 0 Å². The Morgan fingerprint density at radius 1 is 1.47 bits per heavy atom. The average Bonchev–Trinajstić information content (AvgIpc) is 2.66. The number of rotatable bonds is 6. The summed E-state index contributed by atoms with van der Waals surface area (Å²) in [5.41, 5.74) is 0.672. The second-order valence-electron chi connectivity index (χ2n) is 3.64. The molecule has 0 aliphatic heterocycles. The number of ketones is 1. The van der Waals surface area contributed by atoms with Gasteiger partial charge < -0.3 is 5.32 Å². The molecule has 0 saturated heterocycles. The Morgan fingerprint density at radius 3 is 2.76 bits per heavy atom. The molecule has 1 heterocycles. The van der Waals surface area contributed by atoms with Crippen LogP contribution in [0.2, 0.25) is 0 Å². The Bertz CT molecular complexity index is 418. The van der Waals surface area contributed by atoms with Crippen molar-refractivity contribution in [3.63, 3.8) is 0 Å². The molecule has 1 amide bonds. The molecule has 0 fully saturated rings. The quantitative estimate of drug-likeness (QED) is 0.647. The molecule has 0 radical (unpaired) electrons. The maximum Gasteiger partial charge on any atom is 0.226 e. The summed E-state index contributed by atoms with van der Waals surface area (Å²) in [7, 11) is 0. The summed E-state index contributed by atoms with van der Waals surface area (Å²) < 4.78 is 0. The molecule has 0 bridgehead atoms. The van der Waals surface area contributed by atoms with E-state index in [4.69, 9.17) is 0 Å².